The quantitative estimate of drug-likeness (QED) is 0.129. The Balaban J connectivity index is 1.58. The number of benzene rings is 1. The second kappa shape index (κ2) is 9.02. The minimum absolute atomic E-state index is 0.0940. The highest BCUT2D eigenvalue weighted by Gasteiger charge is 2.57. The lowest BCUT2D eigenvalue weighted by Gasteiger charge is -2.16. The van der Waals surface area contributed by atoms with Crippen LogP contribution in [0.4, 0.5) is 15.9 Å². The first-order valence-corrected chi connectivity index (χ1v) is 11.1. The number of halogens is 1. The van der Waals surface area contributed by atoms with Gasteiger partial charge in [0.05, 0.1) is 12.7 Å². The summed E-state index contributed by atoms with van der Waals surface area (Å²) in [6.07, 6.45) is 6.24. The van der Waals surface area contributed by atoms with Gasteiger partial charge in [0, 0.05) is 35.7 Å². The number of pyridine rings is 1. The molecular formula is C21H27FN7O2S+. The molecule has 0 bridgehead atoms. The van der Waals surface area contributed by atoms with Crippen molar-refractivity contribution >= 4 is 34.3 Å². The molecule has 4 rings (SSSR count). The Kier molecular flexibility index (Phi) is 6.33. The van der Waals surface area contributed by atoms with E-state index in [1.807, 2.05) is 0 Å². The molecule has 1 amide bonds. The molecule has 11 heteroatoms. The summed E-state index contributed by atoms with van der Waals surface area (Å²) in [6, 6.07) is 6.64. The van der Waals surface area contributed by atoms with Crippen LogP contribution in [0.2, 0.25) is 0 Å². The van der Waals surface area contributed by atoms with Crippen LogP contribution in [0.15, 0.2) is 40.5 Å². The number of nitrogens with zero attached hydrogens (tertiary/aromatic N) is 3. The van der Waals surface area contributed by atoms with Gasteiger partial charge in [0.1, 0.15) is 0 Å². The summed E-state index contributed by atoms with van der Waals surface area (Å²) in [6.45, 7) is 0. The van der Waals surface area contributed by atoms with Gasteiger partial charge in [0.25, 0.3) is 5.91 Å². The number of nitrogens with one attached hydrogen (secondary N) is 1. The van der Waals surface area contributed by atoms with Crippen molar-refractivity contribution < 1.29 is 19.5 Å². The molecule has 1 aromatic heterocycles. The van der Waals surface area contributed by atoms with Crippen LogP contribution in [0.1, 0.15) is 41.6 Å². The fraction of sp³-hybridized carbons (Fsp3) is 0.381. The van der Waals surface area contributed by atoms with Gasteiger partial charge in [-0.1, -0.05) is 6.42 Å². The summed E-state index contributed by atoms with van der Waals surface area (Å²) in [5, 5.41) is 7.78. The lowest BCUT2D eigenvalue weighted by molar-refractivity contribution is -0.830. The van der Waals surface area contributed by atoms with Gasteiger partial charge in [-0.05, 0) is 54.6 Å². The second-order valence-corrected chi connectivity index (χ2v) is 9.20. The lowest BCUT2D eigenvalue weighted by atomic mass is 9.95. The Hall–Kier alpha value is -2.73. The number of carbonyl (C=O) groups excluding carboxylic acids is 1. The molecule has 2 unspecified atom stereocenters. The van der Waals surface area contributed by atoms with Crippen LogP contribution in [-0.2, 0) is 10.3 Å². The van der Waals surface area contributed by atoms with Gasteiger partial charge >= 0.3 is 0 Å². The zero-order valence-corrected chi connectivity index (χ0v) is 18.8. The van der Waals surface area contributed by atoms with Gasteiger partial charge in [-0.25, -0.2) is 20.1 Å². The molecule has 1 aromatic carbocycles. The maximum Gasteiger partial charge on any atom is 0.258 e. The highest BCUT2D eigenvalue weighted by atomic mass is 32.2. The van der Waals surface area contributed by atoms with Crippen molar-refractivity contribution in [2.75, 3.05) is 19.5 Å². The molecular weight excluding hydrogens is 433 g/mol. The van der Waals surface area contributed by atoms with Gasteiger partial charge in [-0.15, -0.1) is 0 Å². The number of quaternary nitrogens is 1. The van der Waals surface area contributed by atoms with Crippen molar-refractivity contribution in [3.05, 3.63) is 47.4 Å². The number of amidine groups is 1. The van der Waals surface area contributed by atoms with Crippen LogP contribution < -0.4 is 22.5 Å². The molecule has 1 heterocycles. The van der Waals surface area contributed by atoms with Crippen molar-refractivity contribution in [1.29, 1.82) is 0 Å². The van der Waals surface area contributed by atoms with Crippen LogP contribution in [0, 0.1) is 11.7 Å². The predicted molar refractivity (Wildman–Crippen MR) is 120 cm³/mol. The van der Waals surface area contributed by atoms with E-state index in [9.17, 15) is 9.18 Å². The molecule has 0 radical (unpaired) electrons. The monoisotopic (exact) mass is 460 g/mol. The highest BCUT2D eigenvalue weighted by molar-refractivity contribution is 8.13. The molecule has 2 fully saturated rings. The third kappa shape index (κ3) is 4.29. The second-order valence-electron chi connectivity index (χ2n) is 8.19. The number of carbonyl (C=O) groups is 1. The van der Waals surface area contributed by atoms with Crippen LogP contribution in [-0.4, -0.2) is 35.2 Å². The first kappa shape index (κ1) is 22.5. The van der Waals surface area contributed by atoms with E-state index in [1.165, 1.54) is 36.5 Å². The molecule has 32 heavy (non-hydrogen) atoms. The molecule has 0 saturated heterocycles. The number of aromatic nitrogens is 1. The maximum absolute atomic E-state index is 14.9. The number of rotatable bonds is 6. The van der Waals surface area contributed by atoms with E-state index < -0.39 is 11.7 Å². The molecule has 170 valence electrons. The average Bonchev–Trinajstić information content (AvgIpc) is 3.34. The number of fused-ring (bicyclic) bond motifs is 1. The van der Waals surface area contributed by atoms with Gasteiger partial charge in [-0.2, -0.15) is 10.6 Å². The van der Waals surface area contributed by atoms with E-state index in [0.29, 0.717) is 21.7 Å². The van der Waals surface area contributed by atoms with Crippen molar-refractivity contribution in [1.82, 2.24) is 9.99 Å². The van der Waals surface area contributed by atoms with Crippen molar-refractivity contribution in [3.63, 3.8) is 0 Å². The van der Waals surface area contributed by atoms with Gasteiger partial charge < -0.3 is 11.2 Å². The first-order valence-electron chi connectivity index (χ1n) is 10.3. The largest absolute Gasteiger partial charge is 0.321 e. The Labute approximate surface area is 189 Å². The maximum atomic E-state index is 14.9. The highest BCUT2D eigenvalue weighted by Crippen LogP contribution is 2.64. The molecule has 0 aliphatic heterocycles. The third-order valence-electron chi connectivity index (χ3n) is 6.17. The summed E-state index contributed by atoms with van der Waals surface area (Å²) >= 11 is 1.11. The fourth-order valence-corrected chi connectivity index (χ4v) is 5.31. The average molecular weight is 461 g/mol. The first-order chi connectivity index (χ1) is 15.4. The van der Waals surface area contributed by atoms with Crippen LogP contribution >= 0.6 is 11.8 Å². The van der Waals surface area contributed by atoms with E-state index in [-0.39, 0.29) is 16.8 Å². The minimum Gasteiger partial charge on any atom is -0.321 e. The van der Waals surface area contributed by atoms with Gasteiger partial charge in [0.2, 0.25) is 5.17 Å². The zero-order valence-electron chi connectivity index (χ0n) is 18.0. The number of anilines is 1. The number of hydrogen-bond donors (Lipinski definition) is 4. The van der Waals surface area contributed by atoms with E-state index in [2.05, 4.69) is 15.4 Å². The topological polar surface area (TPSA) is 135 Å². The van der Waals surface area contributed by atoms with Crippen molar-refractivity contribution in [2.45, 2.75) is 36.0 Å². The van der Waals surface area contributed by atoms with Crippen LogP contribution in [0.25, 0.3) is 0 Å². The van der Waals surface area contributed by atoms with Gasteiger partial charge in [-0.3, -0.25) is 9.80 Å². The molecule has 7 N–H and O–H groups in total. The standard InChI is InChI=1S/C21H26FN7O2S/c1-29(24)20(27-23)32-17-6-5-14(28-31-2)9-15(17)19(30)26-18-16(22)8-13(11-25-18)21-7-3-4-12(21)10-21/h5-6,8-9,11-12,28H,3-4,7,10,23-24H2,1-2H3,(H,25,26,30)/p+1/b27-20+. The Morgan fingerprint density at radius 2 is 2.28 bits per heavy atom. The summed E-state index contributed by atoms with van der Waals surface area (Å²) in [5.74, 6) is 10.6. The SMILES string of the molecule is CO[NH2+]c1ccc(S/C(=N/N)N(C)N)c(C(=O)Nc2ncc(C34CCCC3C4)cc2F)c1. The molecule has 9 nitrogen and oxygen atoms in total. The summed E-state index contributed by atoms with van der Waals surface area (Å²) in [5.41, 5.74) is 3.47. The molecule has 0 spiro atoms. The normalized spacial score (nSPS) is 21.9. The van der Waals surface area contributed by atoms with E-state index >= 15 is 0 Å². The molecule has 2 aromatic rings. The van der Waals surface area contributed by atoms with E-state index in [0.717, 1.165) is 30.2 Å². The third-order valence-corrected chi connectivity index (χ3v) is 7.32. The number of nitrogens with two attached hydrogens (primary N) is 3. The lowest BCUT2D eigenvalue weighted by Crippen LogP contribution is -2.75. The molecule has 2 aliphatic rings. The molecule has 2 atom stereocenters. The summed E-state index contributed by atoms with van der Waals surface area (Å²) in [4.78, 5) is 22.9. The summed E-state index contributed by atoms with van der Waals surface area (Å²) in [7, 11) is 3.10. The number of hydrazone groups is 1. The Morgan fingerprint density at radius 3 is 2.88 bits per heavy atom. The molecule has 2 saturated carbocycles. The smallest absolute Gasteiger partial charge is 0.258 e. The Morgan fingerprint density at radius 1 is 1.47 bits per heavy atom. The van der Waals surface area contributed by atoms with E-state index in [1.54, 1.807) is 31.4 Å². The number of hydrogen-bond acceptors (Lipinski definition) is 7. The number of thioether (sulfide) groups is 1. The van der Waals surface area contributed by atoms with E-state index in [4.69, 9.17) is 16.5 Å². The molecule has 2 aliphatic carbocycles. The van der Waals surface area contributed by atoms with Crippen LogP contribution in [0.3, 0.4) is 0 Å². The minimum atomic E-state index is -0.539. The Bertz CT molecular complexity index is 1060. The fourth-order valence-electron chi connectivity index (χ4n) is 4.52. The summed E-state index contributed by atoms with van der Waals surface area (Å²) < 4.78 is 14.9. The van der Waals surface area contributed by atoms with Crippen molar-refractivity contribution in [2.24, 2.45) is 22.7 Å². The zero-order chi connectivity index (χ0) is 22.9. The van der Waals surface area contributed by atoms with Crippen molar-refractivity contribution in [3.8, 4) is 0 Å². The van der Waals surface area contributed by atoms with Gasteiger partial charge in [0.15, 0.2) is 17.3 Å². The number of amides is 1. The van der Waals surface area contributed by atoms with Crippen LogP contribution in [0.5, 0.6) is 0 Å². The predicted octanol–water partition coefficient (Wildman–Crippen LogP) is 1.80. The number of hydrazine groups is 1.